The number of likely N-dealkylation sites (tertiary alicyclic amines) is 1. The standard InChI is InChI=1S/C14H25NO4/c1-14(18)7-10-13(19-14)12(17)11(16)8-15(10)9-5-3-2-4-6-9/h9-13,16-18H,2-8H2,1H3/t10-,11-,12-,13+,14?/m1/s1. The minimum absolute atomic E-state index is 0.0245. The Balaban J connectivity index is 1.79. The number of aliphatic hydroxyl groups excluding tert-OH is 2. The number of fused-ring (bicyclic) bond motifs is 1. The van der Waals surface area contributed by atoms with Crippen molar-refractivity contribution in [2.24, 2.45) is 0 Å². The van der Waals surface area contributed by atoms with Gasteiger partial charge >= 0.3 is 0 Å². The zero-order chi connectivity index (χ0) is 13.6. The second kappa shape index (κ2) is 4.97. The quantitative estimate of drug-likeness (QED) is 0.636. The topological polar surface area (TPSA) is 73.2 Å². The molecule has 110 valence electrons. The van der Waals surface area contributed by atoms with E-state index >= 15 is 0 Å². The minimum Gasteiger partial charge on any atom is -0.389 e. The lowest BCUT2D eigenvalue weighted by Crippen LogP contribution is -2.62. The van der Waals surface area contributed by atoms with Crippen molar-refractivity contribution in [3.8, 4) is 0 Å². The first kappa shape index (κ1) is 13.8. The molecule has 0 aromatic heterocycles. The predicted molar refractivity (Wildman–Crippen MR) is 69.5 cm³/mol. The Hall–Kier alpha value is -0.200. The third-order valence-electron chi connectivity index (χ3n) is 4.96. The summed E-state index contributed by atoms with van der Waals surface area (Å²) >= 11 is 0. The highest BCUT2D eigenvalue weighted by atomic mass is 16.6. The van der Waals surface area contributed by atoms with Gasteiger partial charge in [0.15, 0.2) is 5.79 Å². The summed E-state index contributed by atoms with van der Waals surface area (Å²) in [6.45, 7) is 2.13. The summed E-state index contributed by atoms with van der Waals surface area (Å²) in [4.78, 5) is 2.28. The number of nitrogens with zero attached hydrogens (tertiary/aromatic N) is 1. The summed E-state index contributed by atoms with van der Waals surface area (Å²) in [6.07, 6.45) is 4.41. The van der Waals surface area contributed by atoms with Crippen LogP contribution in [0.25, 0.3) is 0 Å². The average molecular weight is 271 g/mol. The van der Waals surface area contributed by atoms with Crippen molar-refractivity contribution in [1.29, 1.82) is 0 Å². The highest BCUT2D eigenvalue weighted by molar-refractivity contribution is 5.03. The lowest BCUT2D eigenvalue weighted by atomic mass is 9.86. The zero-order valence-corrected chi connectivity index (χ0v) is 11.5. The van der Waals surface area contributed by atoms with Gasteiger partial charge in [-0.3, -0.25) is 4.90 Å². The second-order valence-corrected chi connectivity index (χ2v) is 6.58. The molecule has 0 bridgehead atoms. The Morgan fingerprint density at radius 1 is 1.16 bits per heavy atom. The number of ether oxygens (including phenoxy) is 1. The lowest BCUT2D eigenvalue weighted by Gasteiger charge is -2.46. The third-order valence-corrected chi connectivity index (χ3v) is 4.96. The molecule has 5 heteroatoms. The molecule has 2 aliphatic heterocycles. The first-order chi connectivity index (χ1) is 8.98. The Morgan fingerprint density at radius 3 is 2.53 bits per heavy atom. The second-order valence-electron chi connectivity index (χ2n) is 6.58. The predicted octanol–water partition coefficient (Wildman–Crippen LogP) is 0.222. The number of hydrogen-bond donors (Lipinski definition) is 3. The Bertz CT molecular complexity index is 329. The van der Waals surface area contributed by atoms with E-state index in [1.54, 1.807) is 6.92 Å². The normalized spacial score (nSPS) is 49.3. The molecule has 0 aromatic carbocycles. The fourth-order valence-corrected chi connectivity index (χ4v) is 4.04. The van der Waals surface area contributed by atoms with E-state index in [1.807, 2.05) is 0 Å². The number of hydrogen-bond acceptors (Lipinski definition) is 5. The van der Waals surface area contributed by atoms with Crippen molar-refractivity contribution in [1.82, 2.24) is 4.90 Å². The van der Waals surface area contributed by atoms with Crippen LogP contribution >= 0.6 is 0 Å². The molecule has 0 spiro atoms. The molecular formula is C14H25NO4. The molecule has 2 heterocycles. The fraction of sp³-hybridized carbons (Fsp3) is 1.00. The van der Waals surface area contributed by atoms with E-state index in [9.17, 15) is 15.3 Å². The van der Waals surface area contributed by atoms with Crippen molar-refractivity contribution >= 4 is 0 Å². The van der Waals surface area contributed by atoms with Gasteiger partial charge in [-0.25, -0.2) is 0 Å². The molecule has 3 N–H and O–H groups in total. The van der Waals surface area contributed by atoms with E-state index in [-0.39, 0.29) is 6.04 Å². The van der Waals surface area contributed by atoms with Gasteiger partial charge in [-0.1, -0.05) is 19.3 Å². The lowest BCUT2D eigenvalue weighted by molar-refractivity contribution is -0.215. The molecule has 1 unspecified atom stereocenters. The van der Waals surface area contributed by atoms with Gasteiger partial charge in [-0.05, 0) is 19.8 Å². The van der Waals surface area contributed by atoms with Crippen LogP contribution < -0.4 is 0 Å². The third kappa shape index (κ3) is 2.54. The van der Waals surface area contributed by atoms with Gasteiger partial charge < -0.3 is 20.1 Å². The van der Waals surface area contributed by atoms with Crippen molar-refractivity contribution in [2.75, 3.05) is 6.54 Å². The van der Waals surface area contributed by atoms with Gasteiger partial charge in [0.1, 0.15) is 12.2 Å². The first-order valence-electron chi connectivity index (χ1n) is 7.50. The maximum atomic E-state index is 10.1. The summed E-state index contributed by atoms with van der Waals surface area (Å²) in [6, 6.07) is 0.484. The van der Waals surface area contributed by atoms with Crippen LogP contribution in [0.3, 0.4) is 0 Å². The van der Waals surface area contributed by atoms with E-state index in [1.165, 1.54) is 19.3 Å². The fourth-order valence-electron chi connectivity index (χ4n) is 4.04. The van der Waals surface area contributed by atoms with Crippen LogP contribution in [0.2, 0.25) is 0 Å². The molecule has 5 atom stereocenters. The van der Waals surface area contributed by atoms with Gasteiger partial charge in [0.2, 0.25) is 0 Å². The largest absolute Gasteiger partial charge is 0.389 e. The summed E-state index contributed by atoms with van der Waals surface area (Å²) < 4.78 is 5.56. The van der Waals surface area contributed by atoms with Crippen molar-refractivity contribution in [2.45, 2.75) is 81.6 Å². The average Bonchev–Trinajstić information content (AvgIpc) is 2.71. The van der Waals surface area contributed by atoms with Crippen molar-refractivity contribution in [3.63, 3.8) is 0 Å². The molecule has 2 saturated heterocycles. The van der Waals surface area contributed by atoms with Crippen LogP contribution in [0.4, 0.5) is 0 Å². The number of aliphatic hydroxyl groups is 3. The van der Waals surface area contributed by atoms with Crippen molar-refractivity contribution < 1.29 is 20.1 Å². The van der Waals surface area contributed by atoms with Gasteiger partial charge in [0.25, 0.3) is 0 Å². The van der Waals surface area contributed by atoms with E-state index in [4.69, 9.17) is 4.74 Å². The number of β-amino-alcohol motifs (C(OH)–C–C–N with tert-alkyl or cyclic N) is 1. The molecule has 1 aliphatic carbocycles. The smallest absolute Gasteiger partial charge is 0.164 e. The Morgan fingerprint density at radius 2 is 1.84 bits per heavy atom. The highest BCUT2D eigenvalue weighted by Gasteiger charge is 2.53. The SMILES string of the molecule is CC1(O)C[C@@H]2[C@H](O1)[C@H](O)[C@H](O)CN2C1CCCCC1. The molecule has 1 saturated carbocycles. The van der Waals surface area contributed by atoms with Crippen LogP contribution in [0, 0.1) is 0 Å². The molecular weight excluding hydrogens is 246 g/mol. The molecule has 3 aliphatic rings. The summed E-state index contributed by atoms with van der Waals surface area (Å²) in [7, 11) is 0. The first-order valence-corrected chi connectivity index (χ1v) is 7.50. The molecule has 3 fully saturated rings. The monoisotopic (exact) mass is 271 g/mol. The van der Waals surface area contributed by atoms with E-state index in [0.29, 0.717) is 19.0 Å². The van der Waals surface area contributed by atoms with Gasteiger partial charge in [0.05, 0.1) is 6.10 Å². The zero-order valence-electron chi connectivity index (χ0n) is 11.5. The van der Waals surface area contributed by atoms with Crippen LogP contribution in [-0.2, 0) is 4.74 Å². The van der Waals surface area contributed by atoms with E-state index in [0.717, 1.165) is 12.8 Å². The molecule has 3 rings (SSSR count). The van der Waals surface area contributed by atoms with Crippen LogP contribution in [0.15, 0.2) is 0 Å². The van der Waals surface area contributed by atoms with Gasteiger partial charge in [-0.2, -0.15) is 0 Å². The summed E-state index contributed by atoms with van der Waals surface area (Å²) in [5.74, 6) is -1.19. The minimum atomic E-state index is -1.19. The van der Waals surface area contributed by atoms with Crippen molar-refractivity contribution in [3.05, 3.63) is 0 Å². The van der Waals surface area contributed by atoms with Gasteiger partial charge in [-0.15, -0.1) is 0 Å². The summed E-state index contributed by atoms with van der Waals surface area (Å²) in [5, 5.41) is 30.2. The highest BCUT2D eigenvalue weighted by Crippen LogP contribution is 2.39. The Labute approximate surface area is 114 Å². The molecule has 19 heavy (non-hydrogen) atoms. The summed E-state index contributed by atoms with van der Waals surface area (Å²) in [5.41, 5.74) is 0. The maximum Gasteiger partial charge on any atom is 0.164 e. The van der Waals surface area contributed by atoms with Crippen LogP contribution in [-0.4, -0.2) is 62.9 Å². The number of piperidine rings is 1. The molecule has 0 radical (unpaired) electrons. The van der Waals surface area contributed by atoms with E-state index < -0.39 is 24.1 Å². The maximum absolute atomic E-state index is 10.1. The molecule has 0 aromatic rings. The van der Waals surface area contributed by atoms with Crippen LogP contribution in [0.5, 0.6) is 0 Å². The number of rotatable bonds is 1. The molecule has 0 amide bonds. The molecule has 5 nitrogen and oxygen atoms in total. The Kier molecular flexibility index (Phi) is 3.60. The van der Waals surface area contributed by atoms with Crippen LogP contribution in [0.1, 0.15) is 45.4 Å². The van der Waals surface area contributed by atoms with Gasteiger partial charge in [0, 0.05) is 25.0 Å². The van der Waals surface area contributed by atoms with E-state index in [2.05, 4.69) is 4.90 Å².